The summed E-state index contributed by atoms with van der Waals surface area (Å²) in [5.74, 6) is 0. The van der Waals surface area contributed by atoms with Crippen LogP contribution in [0.3, 0.4) is 0 Å². The van der Waals surface area contributed by atoms with E-state index in [1.165, 1.54) is 133 Å². The Morgan fingerprint density at radius 3 is 0.963 bits per heavy atom. The summed E-state index contributed by atoms with van der Waals surface area (Å²) in [7, 11) is 0. The molecular weight excluding hydrogens is 993 g/mol. The van der Waals surface area contributed by atoms with Gasteiger partial charge in [-0.1, -0.05) is 173 Å². The lowest BCUT2D eigenvalue weighted by molar-refractivity contribution is 0.660. The standard InChI is InChI=1S/C78H58N4/c1-77(2)69-45-53(51-29-41-75-67(43-51)65-19-11-13-21-73(65)81(75)59-15-7-5-8-16-59)27-37-61(69)63-39-35-57(47-71(63)77)79-55-31-23-49(24-32-55)50-25-33-56(34-26-50)80-58-36-40-64-62-38-28-54(46-70(62)78(3,4)72(64)48-58)52-30-42-76-68(44-52)66-20-12-14-22-74(66)82(76)60-17-9-6-10-18-60/h5-48,79-80H,1-4H3. The van der Waals surface area contributed by atoms with Crippen molar-refractivity contribution in [2.45, 2.75) is 38.5 Å². The summed E-state index contributed by atoms with van der Waals surface area (Å²) in [4.78, 5) is 0. The minimum Gasteiger partial charge on any atom is -0.356 e. The highest BCUT2D eigenvalue weighted by Crippen LogP contribution is 2.53. The van der Waals surface area contributed by atoms with Gasteiger partial charge >= 0.3 is 0 Å². The fraction of sp³-hybridized carbons (Fsp3) is 0.0769. The van der Waals surface area contributed by atoms with Gasteiger partial charge in [-0.15, -0.1) is 0 Å². The van der Waals surface area contributed by atoms with Gasteiger partial charge in [0.1, 0.15) is 0 Å². The average molecular weight is 1050 g/mol. The molecule has 0 unspecified atom stereocenters. The number of aromatic nitrogens is 2. The van der Waals surface area contributed by atoms with Crippen molar-refractivity contribution in [2.75, 3.05) is 10.6 Å². The van der Waals surface area contributed by atoms with Gasteiger partial charge in [-0.3, -0.25) is 0 Å². The summed E-state index contributed by atoms with van der Waals surface area (Å²) in [6.45, 7) is 9.47. The zero-order valence-electron chi connectivity index (χ0n) is 46.3. The van der Waals surface area contributed by atoms with E-state index in [-0.39, 0.29) is 10.8 Å². The highest BCUT2D eigenvalue weighted by atomic mass is 15.0. The summed E-state index contributed by atoms with van der Waals surface area (Å²) in [5, 5.41) is 12.5. The lowest BCUT2D eigenvalue weighted by Crippen LogP contribution is -2.15. The quantitative estimate of drug-likeness (QED) is 0.151. The van der Waals surface area contributed by atoms with Crippen molar-refractivity contribution < 1.29 is 0 Å². The maximum atomic E-state index is 3.74. The first-order chi connectivity index (χ1) is 40.1. The van der Waals surface area contributed by atoms with Crippen LogP contribution < -0.4 is 10.6 Å². The molecule has 0 fully saturated rings. The summed E-state index contributed by atoms with van der Waals surface area (Å²) in [5.41, 5.74) is 29.1. The van der Waals surface area contributed by atoms with E-state index in [1.54, 1.807) is 0 Å². The number of benzene rings is 12. The average Bonchev–Trinajstić information content (AvgIpc) is 3.44. The molecule has 0 bridgehead atoms. The summed E-state index contributed by atoms with van der Waals surface area (Å²) in [6, 6.07) is 98.3. The molecule has 2 N–H and O–H groups in total. The van der Waals surface area contributed by atoms with Crippen LogP contribution in [0.5, 0.6) is 0 Å². The zero-order valence-corrected chi connectivity index (χ0v) is 46.3. The highest BCUT2D eigenvalue weighted by Gasteiger charge is 2.37. The predicted molar refractivity (Wildman–Crippen MR) is 346 cm³/mol. The van der Waals surface area contributed by atoms with E-state index in [2.05, 4.69) is 314 Å². The van der Waals surface area contributed by atoms with Gasteiger partial charge < -0.3 is 19.8 Å². The number of rotatable bonds is 9. The van der Waals surface area contributed by atoms with Crippen molar-refractivity contribution in [3.8, 4) is 67.0 Å². The van der Waals surface area contributed by atoms with Gasteiger partial charge in [0.25, 0.3) is 0 Å². The van der Waals surface area contributed by atoms with Crippen LogP contribution in [0.15, 0.2) is 267 Å². The van der Waals surface area contributed by atoms with E-state index in [1.807, 2.05) is 0 Å². The number of anilines is 4. The molecule has 0 saturated carbocycles. The monoisotopic (exact) mass is 1050 g/mol. The molecule has 390 valence electrons. The second-order valence-corrected chi connectivity index (χ2v) is 23.5. The minimum absolute atomic E-state index is 0.170. The first-order valence-corrected chi connectivity index (χ1v) is 28.6. The molecule has 0 saturated heterocycles. The van der Waals surface area contributed by atoms with Crippen molar-refractivity contribution in [3.05, 3.63) is 289 Å². The molecule has 0 atom stereocenters. The van der Waals surface area contributed by atoms with Crippen LogP contribution in [0.25, 0.3) is 111 Å². The van der Waals surface area contributed by atoms with E-state index in [9.17, 15) is 0 Å². The second kappa shape index (κ2) is 18.2. The van der Waals surface area contributed by atoms with Crippen LogP contribution in [0.1, 0.15) is 49.9 Å². The van der Waals surface area contributed by atoms with Gasteiger partial charge in [0.05, 0.1) is 22.1 Å². The van der Waals surface area contributed by atoms with Crippen molar-refractivity contribution in [3.63, 3.8) is 0 Å². The number of nitrogens with zero attached hydrogens (tertiary/aromatic N) is 2. The number of hydrogen-bond acceptors (Lipinski definition) is 2. The van der Waals surface area contributed by atoms with Crippen LogP contribution in [-0.4, -0.2) is 9.13 Å². The van der Waals surface area contributed by atoms with E-state index in [4.69, 9.17) is 0 Å². The lowest BCUT2D eigenvalue weighted by atomic mass is 9.81. The Balaban J connectivity index is 0.602. The Labute approximate surface area is 478 Å². The highest BCUT2D eigenvalue weighted by molar-refractivity contribution is 6.12. The van der Waals surface area contributed by atoms with E-state index >= 15 is 0 Å². The molecular formula is C78H58N4. The van der Waals surface area contributed by atoms with Crippen molar-refractivity contribution >= 4 is 66.4 Å². The van der Waals surface area contributed by atoms with Crippen molar-refractivity contribution in [2.24, 2.45) is 0 Å². The normalized spacial score (nSPS) is 13.6. The number of nitrogens with one attached hydrogen (secondary N) is 2. The molecule has 4 nitrogen and oxygen atoms in total. The molecule has 14 aromatic rings. The van der Waals surface area contributed by atoms with Gasteiger partial charge in [-0.25, -0.2) is 0 Å². The number of fused-ring (bicyclic) bond motifs is 12. The third kappa shape index (κ3) is 7.52. The Hall–Kier alpha value is -10.2. The molecule has 82 heavy (non-hydrogen) atoms. The molecule has 2 aromatic heterocycles. The van der Waals surface area contributed by atoms with Gasteiger partial charge in [0.15, 0.2) is 0 Å². The first kappa shape index (κ1) is 47.8. The predicted octanol–water partition coefficient (Wildman–Crippen LogP) is 21.0. The second-order valence-electron chi connectivity index (χ2n) is 23.5. The van der Waals surface area contributed by atoms with Gasteiger partial charge in [0, 0.05) is 66.5 Å². The fourth-order valence-electron chi connectivity index (χ4n) is 13.8. The topological polar surface area (TPSA) is 33.9 Å². The zero-order chi connectivity index (χ0) is 54.8. The lowest BCUT2D eigenvalue weighted by Gasteiger charge is -2.23. The van der Waals surface area contributed by atoms with Crippen LogP contribution in [0.2, 0.25) is 0 Å². The molecule has 2 heterocycles. The van der Waals surface area contributed by atoms with E-state index in [0.717, 1.165) is 22.7 Å². The van der Waals surface area contributed by atoms with Crippen LogP contribution in [0.4, 0.5) is 22.7 Å². The third-order valence-corrected chi connectivity index (χ3v) is 18.1. The Morgan fingerprint density at radius 1 is 0.244 bits per heavy atom. The summed E-state index contributed by atoms with van der Waals surface area (Å²) < 4.78 is 4.76. The SMILES string of the molecule is CC1(C)c2cc(Nc3ccc(-c4ccc(Nc5ccc6c(c5)C(C)(C)c5cc(-c7ccc8c(c7)c7ccccc7n8-c7ccccc7)ccc5-6)cc4)cc3)ccc2-c2ccc(-c3ccc4c(c3)c3ccccc3n4-c3ccccc3)cc21. The number of para-hydroxylation sites is 4. The van der Waals surface area contributed by atoms with Gasteiger partial charge in [0.2, 0.25) is 0 Å². The third-order valence-electron chi connectivity index (χ3n) is 18.1. The van der Waals surface area contributed by atoms with E-state index < -0.39 is 0 Å². The summed E-state index contributed by atoms with van der Waals surface area (Å²) in [6.07, 6.45) is 0. The summed E-state index contributed by atoms with van der Waals surface area (Å²) >= 11 is 0. The largest absolute Gasteiger partial charge is 0.356 e. The maximum absolute atomic E-state index is 3.74. The molecule has 0 amide bonds. The molecule has 2 aliphatic carbocycles. The molecule has 0 aliphatic heterocycles. The number of hydrogen-bond donors (Lipinski definition) is 2. The van der Waals surface area contributed by atoms with E-state index in [0.29, 0.717) is 0 Å². The van der Waals surface area contributed by atoms with Gasteiger partial charge in [-0.2, -0.15) is 0 Å². The van der Waals surface area contributed by atoms with Gasteiger partial charge in [-0.05, 0) is 199 Å². The Morgan fingerprint density at radius 2 is 0.549 bits per heavy atom. The fourth-order valence-corrected chi connectivity index (χ4v) is 13.8. The van der Waals surface area contributed by atoms with Crippen LogP contribution >= 0.6 is 0 Å². The molecule has 16 rings (SSSR count). The Bertz CT molecular complexity index is 4570. The molecule has 0 radical (unpaired) electrons. The van der Waals surface area contributed by atoms with Crippen LogP contribution in [-0.2, 0) is 10.8 Å². The van der Waals surface area contributed by atoms with Crippen molar-refractivity contribution in [1.29, 1.82) is 0 Å². The molecule has 2 aliphatic rings. The smallest absolute Gasteiger partial charge is 0.0541 e. The Kier molecular flexibility index (Phi) is 10.6. The minimum atomic E-state index is -0.170. The maximum Gasteiger partial charge on any atom is 0.0541 e. The first-order valence-electron chi connectivity index (χ1n) is 28.6. The molecule has 12 aromatic carbocycles. The van der Waals surface area contributed by atoms with Crippen molar-refractivity contribution in [1.82, 2.24) is 9.13 Å². The van der Waals surface area contributed by atoms with Crippen LogP contribution in [0, 0.1) is 0 Å². The molecule has 0 spiro atoms. The molecule has 4 heteroatoms.